The highest BCUT2D eigenvalue weighted by atomic mass is 35.5. The van der Waals surface area contributed by atoms with Crippen LogP contribution in [0.5, 0.6) is 0 Å². The molecule has 1 fully saturated rings. The first-order valence-corrected chi connectivity index (χ1v) is 4.60. The third-order valence-electron chi connectivity index (χ3n) is 2.24. The van der Waals surface area contributed by atoms with Crippen molar-refractivity contribution in [3.63, 3.8) is 0 Å². The minimum Gasteiger partial charge on any atom is -0.183 e. The van der Waals surface area contributed by atoms with E-state index in [0.717, 1.165) is 5.69 Å². The van der Waals surface area contributed by atoms with Crippen LogP contribution in [0.3, 0.4) is 0 Å². The van der Waals surface area contributed by atoms with E-state index in [0.29, 0.717) is 16.8 Å². The maximum atomic E-state index is 5.80. The normalized spacial score (nSPS) is 16.7. The monoisotopic (exact) mass is 194 g/mol. The maximum absolute atomic E-state index is 5.80. The van der Waals surface area contributed by atoms with Gasteiger partial charge in [0.2, 0.25) is 5.28 Å². The molecule has 0 amide bonds. The summed E-state index contributed by atoms with van der Waals surface area (Å²) in [5.74, 6) is 0.628. The zero-order valence-electron chi connectivity index (χ0n) is 6.81. The lowest BCUT2D eigenvalue weighted by atomic mass is 10.3. The number of halogens is 1. The Hall–Kier alpha value is -1.16. The van der Waals surface area contributed by atoms with E-state index >= 15 is 0 Å². The fourth-order valence-corrected chi connectivity index (χ4v) is 1.54. The molecule has 0 saturated heterocycles. The van der Waals surface area contributed by atoms with E-state index in [1.165, 1.54) is 12.8 Å². The van der Waals surface area contributed by atoms with Gasteiger partial charge >= 0.3 is 0 Å². The highest BCUT2D eigenvalue weighted by Crippen LogP contribution is 2.38. The lowest BCUT2D eigenvalue weighted by Crippen LogP contribution is -1.96. The average Bonchev–Trinajstić information content (AvgIpc) is 2.93. The van der Waals surface area contributed by atoms with E-state index in [4.69, 9.17) is 11.6 Å². The standard InChI is InChI=1S/C8H7ClN4/c9-8-11-10-7-4-3-6(5-1-2-5)12-13(7)8/h3-5H,1-2H2. The zero-order chi connectivity index (χ0) is 8.84. The molecule has 0 radical (unpaired) electrons. The molecule has 0 spiro atoms. The van der Waals surface area contributed by atoms with Gasteiger partial charge in [0.05, 0.1) is 5.69 Å². The van der Waals surface area contributed by atoms with E-state index < -0.39 is 0 Å². The van der Waals surface area contributed by atoms with Crippen molar-refractivity contribution in [3.05, 3.63) is 23.1 Å². The quantitative estimate of drug-likeness (QED) is 0.694. The predicted molar refractivity (Wildman–Crippen MR) is 47.8 cm³/mol. The molecule has 13 heavy (non-hydrogen) atoms. The third-order valence-corrected chi connectivity index (χ3v) is 2.48. The number of aromatic nitrogens is 4. The van der Waals surface area contributed by atoms with Crippen LogP contribution in [-0.4, -0.2) is 19.8 Å². The van der Waals surface area contributed by atoms with Gasteiger partial charge in [-0.2, -0.15) is 9.61 Å². The summed E-state index contributed by atoms with van der Waals surface area (Å²) in [5.41, 5.74) is 1.80. The third kappa shape index (κ3) is 1.09. The van der Waals surface area contributed by atoms with Gasteiger partial charge in [-0.25, -0.2) is 0 Å². The summed E-state index contributed by atoms with van der Waals surface area (Å²) in [6.45, 7) is 0. The van der Waals surface area contributed by atoms with Crippen LogP contribution in [0.25, 0.3) is 5.65 Å². The van der Waals surface area contributed by atoms with Gasteiger partial charge < -0.3 is 0 Å². The molecular formula is C8H7ClN4. The molecule has 0 atom stereocenters. The smallest absolute Gasteiger partial charge is 0.183 e. The summed E-state index contributed by atoms with van der Waals surface area (Å²) in [7, 11) is 0. The molecule has 0 N–H and O–H groups in total. The first-order chi connectivity index (χ1) is 6.34. The van der Waals surface area contributed by atoms with Crippen molar-refractivity contribution in [3.8, 4) is 0 Å². The molecule has 2 aromatic heterocycles. The van der Waals surface area contributed by atoms with Crippen molar-refractivity contribution in [1.29, 1.82) is 0 Å². The SMILES string of the molecule is Clc1nnc2ccc(C3CC3)nn12. The first-order valence-electron chi connectivity index (χ1n) is 4.22. The van der Waals surface area contributed by atoms with E-state index in [2.05, 4.69) is 15.3 Å². The number of rotatable bonds is 1. The number of hydrogen-bond acceptors (Lipinski definition) is 3. The summed E-state index contributed by atoms with van der Waals surface area (Å²) in [6.07, 6.45) is 2.47. The average molecular weight is 195 g/mol. The van der Waals surface area contributed by atoms with E-state index in [1.807, 2.05) is 12.1 Å². The summed E-state index contributed by atoms with van der Waals surface area (Å²) >= 11 is 5.80. The molecule has 2 heterocycles. The second-order valence-electron chi connectivity index (χ2n) is 3.27. The van der Waals surface area contributed by atoms with Gasteiger partial charge in [0.15, 0.2) is 5.65 Å². The van der Waals surface area contributed by atoms with Crippen molar-refractivity contribution in [1.82, 2.24) is 19.8 Å². The zero-order valence-corrected chi connectivity index (χ0v) is 7.57. The molecule has 5 heteroatoms. The molecule has 66 valence electrons. The minimum atomic E-state index is 0.331. The lowest BCUT2D eigenvalue weighted by molar-refractivity contribution is 0.851. The highest BCUT2D eigenvalue weighted by molar-refractivity contribution is 6.28. The Morgan fingerprint density at radius 2 is 2.15 bits per heavy atom. The summed E-state index contributed by atoms with van der Waals surface area (Å²) in [5, 5.41) is 12.3. The molecular weight excluding hydrogens is 188 g/mol. The largest absolute Gasteiger partial charge is 0.246 e. The van der Waals surface area contributed by atoms with Gasteiger partial charge in [-0.3, -0.25) is 0 Å². The van der Waals surface area contributed by atoms with Crippen LogP contribution in [0.2, 0.25) is 5.28 Å². The van der Waals surface area contributed by atoms with Crippen LogP contribution in [0.15, 0.2) is 12.1 Å². The predicted octanol–water partition coefficient (Wildman–Crippen LogP) is 1.66. The molecule has 4 nitrogen and oxygen atoms in total. The van der Waals surface area contributed by atoms with Crippen molar-refractivity contribution in [2.24, 2.45) is 0 Å². The second kappa shape index (κ2) is 2.42. The van der Waals surface area contributed by atoms with Crippen molar-refractivity contribution in [2.75, 3.05) is 0 Å². The number of hydrogen-bond donors (Lipinski definition) is 0. The molecule has 1 aliphatic rings. The van der Waals surface area contributed by atoms with E-state index in [9.17, 15) is 0 Å². The van der Waals surface area contributed by atoms with E-state index in [1.54, 1.807) is 4.52 Å². The molecule has 0 aliphatic heterocycles. The number of fused-ring (bicyclic) bond motifs is 1. The molecule has 1 aliphatic carbocycles. The Morgan fingerprint density at radius 3 is 2.92 bits per heavy atom. The van der Waals surface area contributed by atoms with Gasteiger partial charge in [-0.1, -0.05) is 0 Å². The Balaban J connectivity index is 2.24. The van der Waals surface area contributed by atoms with Crippen LogP contribution >= 0.6 is 11.6 Å². The molecule has 0 bridgehead atoms. The lowest BCUT2D eigenvalue weighted by Gasteiger charge is -1.96. The highest BCUT2D eigenvalue weighted by Gasteiger charge is 2.25. The summed E-state index contributed by atoms with van der Waals surface area (Å²) in [4.78, 5) is 0. The Kier molecular flexibility index (Phi) is 1.35. The van der Waals surface area contributed by atoms with Crippen LogP contribution in [0.4, 0.5) is 0 Å². The van der Waals surface area contributed by atoms with Gasteiger partial charge in [0, 0.05) is 5.92 Å². The van der Waals surface area contributed by atoms with Gasteiger partial charge in [0.1, 0.15) is 0 Å². The molecule has 0 unspecified atom stereocenters. The Morgan fingerprint density at radius 1 is 1.31 bits per heavy atom. The molecule has 1 saturated carbocycles. The van der Waals surface area contributed by atoms with Gasteiger partial charge in [-0.05, 0) is 36.6 Å². The maximum Gasteiger partial charge on any atom is 0.246 e. The van der Waals surface area contributed by atoms with Crippen LogP contribution in [0, 0.1) is 0 Å². The molecule has 0 aromatic carbocycles. The molecule has 2 aromatic rings. The van der Waals surface area contributed by atoms with Crippen LogP contribution < -0.4 is 0 Å². The fourth-order valence-electron chi connectivity index (χ4n) is 1.37. The Labute approximate surface area is 79.5 Å². The molecule has 3 rings (SSSR count). The van der Waals surface area contributed by atoms with Gasteiger partial charge in [0.25, 0.3) is 0 Å². The van der Waals surface area contributed by atoms with Crippen LogP contribution in [0.1, 0.15) is 24.5 Å². The van der Waals surface area contributed by atoms with Crippen LogP contribution in [-0.2, 0) is 0 Å². The number of nitrogens with zero attached hydrogens (tertiary/aromatic N) is 4. The fraction of sp³-hybridized carbons (Fsp3) is 0.375. The van der Waals surface area contributed by atoms with Gasteiger partial charge in [-0.15, -0.1) is 10.2 Å². The Bertz CT molecular complexity index is 460. The summed E-state index contributed by atoms with van der Waals surface area (Å²) in [6, 6.07) is 3.90. The van der Waals surface area contributed by atoms with Crippen molar-refractivity contribution < 1.29 is 0 Å². The first kappa shape index (κ1) is 7.26. The topological polar surface area (TPSA) is 43.1 Å². The summed E-state index contributed by atoms with van der Waals surface area (Å²) < 4.78 is 1.58. The minimum absolute atomic E-state index is 0.331. The van der Waals surface area contributed by atoms with E-state index in [-0.39, 0.29) is 0 Å². The van der Waals surface area contributed by atoms with Crippen molar-refractivity contribution >= 4 is 17.2 Å². The van der Waals surface area contributed by atoms with Crippen molar-refractivity contribution in [2.45, 2.75) is 18.8 Å². The second-order valence-corrected chi connectivity index (χ2v) is 3.61.